The number of nitrogens with one attached hydrogen (secondary N) is 4. The van der Waals surface area contributed by atoms with Gasteiger partial charge in [0.15, 0.2) is 24.8 Å². The van der Waals surface area contributed by atoms with E-state index in [0.717, 1.165) is 44.2 Å². The number of carbonyl (C=O) groups excluding carboxylic acids is 4. The summed E-state index contributed by atoms with van der Waals surface area (Å²) in [6, 6.07) is 5.09. The number of hydrogen-bond donors (Lipinski definition) is 4. The van der Waals surface area contributed by atoms with Crippen molar-refractivity contribution in [3.8, 4) is 11.5 Å². The van der Waals surface area contributed by atoms with Gasteiger partial charge in [-0.15, -0.1) is 0 Å². The van der Waals surface area contributed by atoms with Gasteiger partial charge in [0.1, 0.15) is 16.6 Å². The molecule has 0 radical (unpaired) electrons. The van der Waals surface area contributed by atoms with Crippen LogP contribution in [0.25, 0.3) is 10.9 Å². The van der Waals surface area contributed by atoms with E-state index >= 15 is 0 Å². The number of aryl methyl sites for hydroxylation is 1. The molecule has 3 aromatic rings. The standard InChI is InChI=1S/C53H74ClN9O11/c1-52-14-10-37(64)28-35(52)6-7-38-39-8-9-44(53(39,2)15-11-40(38)52)61-74-32-46(66)56-16-20-70-22-24-72-25-23-71-21-17-57-49(67)33-12-18-63(19-13-33)51-58-30-41(54)48(60-51)59-36-26-34-27-43(73-31-45(65)55-3)50(68)62(4)47(34)42(29-36)69-5/h26-27,29-30,33,35,38-40H,6-25,28,31-32H2,1-5H3,(H,55,65)(H,56,66)(H,57,67)(H,58,59,60)/b61-44+/t35-,38-,39-,40-,52-,53-/m0/s1. The number of fused-ring (bicyclic) bond motifs is 6. The third-order valence-corrected chi connectivity index (χ3v) is 17.0. The van der Waals surface area contributed by atoms with Crippen LogP contribution in [0.15, 0.2) is 34.3 Å². The van der Waals surface area contributed by atoms with Crippen LogP contribution >= 0.6 is 11.6 Å². The second-order valence-corrected chi connectivity index (χ2v) is 21.3. The largest absolute Gasteiger partial charge is 0.494 e. The Morgan fingerprint density at radius 3 is 2.30 bits per heavy atom. The number of Topliss-reactive ketones (excluding diaryl/α,β-unsaturated/α-hetero) is 1. The highest BCUT2D eigenvalue weighted by atomic mass is 35.5. The number of oxime groups is 1. The molecular formula is C53H74ClN9O11. The summed E-state index contributed by atoms with van der Waals surface area (Å²) in [4.78, 5) is 79.3. The Bertz CT molecular complexity index is 2590. The van der Waals surface area contributed by atoms with Gasteiger partial charge in [-0.05, 0) is 99.0 Å². The van der Waals surface area contributed by atoms with E-state index in [1.54, 1.807) is 25.2 Å². The van der Waals surface area contributed by atoms with Crippen LogP contribution < -0.4 is 41.2 Å². The van der Waals surface area contributed by atoms with E-state index in [0.29, 0.717) is 147 Å². The highest BCUT2D eigenvalue weighted by Gasteiger charge is 2.59. The predicted molar refractivity (Wildman–Crippen MR) is 279 cm³/mol. The Morgan fingerprint density at radius 2 is 1.57 bits per heavy atom. The van der Waals surface area contributed by atoms with Crippen molar-refractivity contribution >= 4 is 69.2 Å². The molecule has 3 heterocycles. The lowest BCUT2D eigenvalue weighted by molar-refractivity contribution is -0.136. The Hall–Kier alpha value is -5.57. The molecule has 3 amide bonds. The number of ether oxygens (including phenoxy) is 5. The molecule has 4 aliphatic carbocycles. The summed E-state index contributed by atoms with van der Waals surface area (Å²) in [6.07, 6.45) is 12.0. The lowest BCUT2D eigenvalue weighted by Gasteiger charge is -2.59. The molecule has 0 unspecified atom stereocenters. The zero-order chi connectivity index (χ0) is 52.4. The average molecular weight is 1050 g/mol. The molecule has 4 saturated carbocycles. The third kappa shape index (κ3) is 12.6. The monoisotopic (exact) mass is 1050 g/mol. The number of methoxy groups -OCH3 is 1. The Labute approximate surface area is 437 Å². The van der Waals surface area contributed by atoms with E-state index in [9.17, 15) is 24.0 Å². The normalized spacial score (nSPS) is 25.2. The van der Waals surface area contributed by atoms with Gasteiger partial charge >= 0.3 is 0 Å². The molecule has 20 nitrogen and oxygen atoms in total. The van der Waals surface area contributed by atoms with Crippen molar-refractivity contribution in [1.29, 1.82) is 0 Å². The van der Waals surface area contributed by atoms with Gasteiger partial charge in [0.25, 0.3) is 17.4 Å². The Kier molecular flexibility index (Phi) is 18.4. The minimum Gasteiger partial charge on any atom is -0.494 e. The van der Waals surface area contributed by atoms with Gasteiger partial charge in [-0.1, -0.05) is 30.6 Å². The van der Waals surface area contributed by atoms with E-state index in [1.807, 2.05) is 4.90 Å². The van der Waals surface area contributed by atoms with Crippen molar-refractivity contribution in [2.45, 2.75) is 84.5 Å². The van der Waals surface area contributed by atoms with Gasteiger partial charge < -0.3 is 59.3 Å². The minimum atomic E-state index is -0.417. The molecule has 2 aromatic heterocycles. The molecule has 0 bridgehead atoms. The number of amides is 3. The van der Waals surface area contributed by atoms with Gasteiger partial charge in [0.05, 0.1) is 64.2 Å². The number of hydrogen-bond acceptors (Lipinski definition) is 16. The smallest absolute Gasteiger partial charge is 0.293 e. The van der Waals surface area contributed by atoms with Gasteiger partial charge in [0, 0.05) is 81.6 Å². The molecule has 4 N–H and O–H groups in total. The number of aromatic nitrogens is 3. The molecular weight excluding hydrogens is 974 g/mol. The summed E-state index contributed by atoms with van der Waals surface area (Å²) in [5, 5.41) is 17.0. The van der Waals surface area contributed by atoms with E-state index in [2.05, 4.69) is 45.3 Å². The summed E-state index contributed by atoms with van der Waals surface area (Å²) in [7, 11) is 4.59. The molecule has 74 heavy (non-hydrogen) atoms. The minimum absolute atomic E-state index is 0.0128. The summed E-state index contributed by atoms with van der Waals surface area (Å²) in [5.41, 5.74) is 2.11. The summed E-state index contributed by atoms with van der Waals surface area (Å²) >= 11 is 6.55. The number of nitrogens with zero attached hydrogens (tertiary/aromatic N) is 5. The van der Waals surface area contributed by atoms with Crippen LogP contribution in [-0.4, -0.2) is 137 Å². The van der Waals surface area contributed by atoms with Crippen LogP contribution in [0.4, 0.5) is 17.5 Å². The van der Waals surface area contributed by atoms with Crippen molar-refractivity contribution < 1.29 is 47.7 Å². The Morgan fingerprint density at radius 1 is 0.838 bits per heavy atom. The predicted octanol–water partition coefficient (Wildman–Crippen LogP) is 5.34. The van der Waals surface area contributed by atoms with Crippen molar-refractivity contribution in [1.82, 2.24) is 30.5 Å². The van der Waals surface area contributed by atoms with Crippen LogP contribution in [0, 0.1) is 40.4 Å². The fourth-order valence-electron chi connectivity index (χ4n) is 12.6. The zero-order valence-electron chi connectivity index (χ0n) is 43.6. The number of piperidine rings is 1. The van der Waals surface area contributed by atoms with Crippen LogP contribution in [-0.2, 0) is 45.3 Å². The van der Waals surface area contributed by atoms with Crippen LogP contribution in [0.5, 0.6) is 11.5 Å². The van der Waals surface area contributed by atoms with Gasteiger partial charge in [-0.3, -0.25) is 24.0 Å². The maximum atomic E-state index is 13.0. The molecule has 1 aromatic carbocycles. The number of halogens is 1. The summed E-state index contributed by atoms with van der Waals surface area (Å²) in [5.74, 6) is 3.44. The van der Waals surface area contributed by atoms with Gasteiger partial charge in [-0.2, -0.15) is 4.98 Å². The van der Waals surface area contributed by atoms with Gasteiger partial charge in [-0.25, -0.2) is 4.98 Å². The first kappa shape index (κ1) is 54.7. The van der Waals surface area contributed by atoms with Crippen molar-refractivity contribution in [2.75, 3.05) is 103 Å². The second kappa shape index (κ2) is 24.8. The first-order valence-electron chi connectivity index (χ1n) is 26.3. The molecule has 5 fully saturated rings. The van der Waals surface area contributed by atoms with Crippen LogP contribution in [0.3, 0.4) is 0 Å². The Balaban J connectivity index is 0.654. The van der Waals surface area contributed by atoms with E-state index < -0.39 is 5.56 Å². The fraction of sp³-hybridized carbons (Fsp3) is 0.660. The number of carbonyl (C=O) groups is 4. The topological polar surface area (TPSA) is 235 Å². The molecule has 1 aliphatic heterocycles. The zero-order valence-corrected chi connectivity index (χ0v) is 44.3. The molecule has 5 aliphatic rings. The average Bonchev–Trinajstić information content (AvgIpc) is 3.74. The van der Waals surface area contributed by atoms with Crippen LogP contribution in [0.2, 0.25) is 5.02 Å². The van der Waals surface area contributed by atoms with E-state index in [-0.39, 0.29) is 53.4 Å². The second-order valence-electron chi connectivity index (χ2n) is 20.9. The maximum absolute atomic E-state index is 13.0. The number of ketones is 1. The molecule has 6 atom stereocenters. The van der Waals surface area contributed by atoms with E-state index in [4.69, 9.17) is 45.1 Å². The molecule has 404 valence electrons. The lowest BCUT2D eigenvalue weighted by Crippen LogP contribution is -2.53. The van der Waals surface area contributed by atoms with Gasteiger partial charge in [0.2, 0.25) is 11.9 Å². The first-order chi connectivity index (χ1) is 35.7. The highest BCUT2D eigenvalue weighted by Crippen LogP contribution is 2.65. The number of anilines is 3. The fourth-order valence-corrected chi connectivity index (χ4v) is 12.7. The van der Waals surface area contributed by atoms with Crippen molar-refractivity contribution in [3.63, 3.8) is 0 Å². The third-order valence-electron chi connectivity index (χ3n) is 16.7. The summed E-state index contributed by atoms with van der Waals surface area (Å²) < 4.78 is 29.4. The van der Waals surface area contributed by atoms with Crippen molar-refractivity contribution in [2.24, 2.45) is 52.6 Å². The van der Waals surface area contributed by atoms with E-state index in [1.165, 1.54) is 44.2 Å². The number of rotatable bonds is 23. The maximum Gasteiger partial charge on any atom is 0.293 e. The quantitative estimate of drug-likeness (QED) is 0.0693. The number of benzene rings is 1. The molecule has 0 spiro atoms. The summed E-state index contributed by atoms with van der Waals surface area (Å²) in [6.45, 7) is 8.51. The lowest BCUT2D eigenvalue weighted by atomic mass is 9.45. The number of pyridine rings is 1. The number of likely N-dealkylation sites (N-methyl/N-ethyl adjacent to an activating group) is 1. The van der Waals surface area contributed by atoms with Crippen LogP contribution in [0.1, 0.15) is 84.5 Å². The van der Waals surface area contributed by atoms with Crippen molar-refractivity contribution in [3.05, 3.63) is 39.8 Å². The first-order valence-corrected chi connectivity index (χ1v) is 26.7. The molecule has 1 saturated heterocycles. The highest BCUT2D eigenvalue weighted by molar-refractivity contribution is 6.33. The molecule has 21 heteroatoms. The SMILES string of the molecule is CNC(=O)COc1cc2cc(Nc3nc(N4CCC(C(=O)NCCOCCOCCOCCNC(=O)CO/N=C5\CC[C@H]6[C@@H]7CC[C@H]8CC(=O)CC[C@]8(C)[C@H]7CC[C@]56C)CC4)ncc3Cl)cc(OC)c2n(C)c1=O. The molecule has 8 rings (SSSR count).